The molecule has 0 saturated heterocycles. The third kappa shape index (κ3) is 2.51. The largest absolute Gasteiger partial charge is 0.508 e. The van der Waals surface area contributed by atoms with E-state index >= 15 is 0 Å². The number of aromatic hydroxyl groups is 2. The van der Waals surface area contributed by atoms with Crippen LogP contribution in [0.15, 0.2) is 24.3 Å². The fourth-order valence-corrected chi connectivity index (χ4v) is 2.80. The predicted molar refractivity (Wildman–Crippen MR) is 82.7 cm³/mol. The lowest BCUT2D eigenvalue weighted by Gasteiger charge is -2.20. The quantitative estimate of drug-likeness (QED) is 0.844. The van der Waals surface area contributed by atoms with Crippen LogP contribution in [0.4, 0.5) is 0 Å². The molecule has 0 aromatic heterocycles. The maximum atomic E-state index is 10.0. The Morgan fingerprint density at radius 2 is 1.05 bits per heavy atom. The van der Waals surface area contributed by atoms with E-state index in [1.165, 1.54) is 0 Å². The number of benzene rings is 2. The zero-order chi connectivity index (χ0) is 15.0. The van der Waals surface area contributed by atoms with E-state index in [-0.39, 0.29) is 5.92 Å². The van der Waals surface area contributed by atoms with Crippen molar-refractivity contribution in [2.45, 2.75) is 40.5 Å². The molecule has 2 rings (SSSR count). The molecule has 2 aromatic carbocycles. The Balaban J connectivity index is 2.60. The molecule has 0 bridgehead atoms. The fourth-order valence-electron chi connectivity index (χ4n) is 2.80. The molecule has 0 aliphatic carbocycles. The molecule has 0 amide bonds. The van der Waals surface area contributed by atoms with Gasteiger partial charge in [0.15, 0.2) is 0 Å². The topological polar surface area (TPSA) is 40.5 Å². The fraction of sp³-hybridized carbons (Fsp3) is 0.333. The van der Waals surface area contributed by atoms with Crippen molar-refractivity contribution in [2.75, 3.05) is 0 Å². The van der Waals surface area contributed by atoms with Gasteiger partial charge in [-0.25, -0.2) is 0 Å². The number of aryl methyl sites for hydroxylation is 2. The highest BCUT2D eigenvalue weighted by Crippen LogP contribution is 2.36. The highest BCUT2D eigenvalue weighted by molar-refractivity contribution is 5.51. The molecule has 106 valence electrons. The van der Waals surface area contributed by atoms with Crippen LogP contribution in [-0.2, 0) is 0 Å². The van der Waals surface area contributed by atoms with Crippen LogP contribution in [0, 0.1) is 27.7 Å². The molecule has 0 heterocycles. The van der Waals surface area contributed by atoms with E-state index in [1.54, 1.807) is 12.1 Å². The molecule has 2 N–H and O–H groups in total. The van der Waals surface area contributed by atoms with Gasteiger partial charge in [-0.1, -0.05) is 19.1 Å². The lowest BCUT2D eigenvalue weighted by molar-refractivity contribution is 0.468. The van der Waals surface area contributed by atoms with Crippen LogP contribution in [-0.4, -0.2) is 10.2 Å². The molecule has 20 heavy (non-hydrogen) atoms. The van der Waals surface area contributed by atoms with Gasteiger partial charge in [0, 0.05) is 5.92 Å². The number of phenolic OH excluding ortho intramolecular Hbond substituents is 2. The first kappa shape index (κ1) is 14.4. The van der Waals surface area contributed by atoms with Crippen molar-refractivity contribution in [1.29, 1.82) is 0 Å². The first-order valence-corrected chi connectivity index (χ1v) is 6.91. The van der Waals surface area contributed by atoms with Gasteiger partial charge in [0.05, 0.1) is 0 Å². The minimum absolute atomic E-state index is 0.131. The molecule has 2 nitrogen and oxygen atoms in total. The van der Waals surface area contributed by atoms with Crippen LogP contribution < -0.4 is 0 Å². The molecule has 0 unspecified atom stereocenters. The van der Waals surface area contributed by atoms with Gasteiger partial charge in [0.2, 0.25) is 0 Å². The van der Waals surface area contributed by atoms with E-state index < -0.39 is 0 Å². The number of rotatable bonds is 2. The number of phenols is 2. The molecule has 0 radical (unpaired) electrons. The van der Waals surface area contributed by atoms with Gasteiger partial charge in [0.1, 0.15) is 11.5 Å². The third-order valence-corrected chi connectivity index (χ3v) is 4.06. The first-order valence-electron chi connectivity index (χ1n) is 6.91. The Morgan fingerprint density at radius 3 is 1.40 bits per heavy atom. The van der Waals surface area contributed by atoms with Crippen LogP contribution >= 0.6 is 0 Å². The van der Waals surface area contributed by atoms with Gasteiger partial charge in [-0.15, -0.1) is 0 Å². The van der Waals surface area contributed by atoms with E-state index in [1.807, 2.05) is 27.7 Å². The standard InChI is InChI=1S/C18H22O2/c1-10-6-15(13(4)17(19)8-10)12(3)16-7-11(2)9-18(20)14(16)5/h6-9,12,19-20H,1-5H3. The second-order valence-corrected chi connectivity index (χ2v) is 5.72. The summed E-state index contributed by atoms with van der Waals surface area (Å²) >= 11 is 0. The van der Waals surface area contributed by atoms with E-state index in [4.69, 9.17) is 0 Å². The monoisotopic (exact) mass is 270 g/mol. The van der Waals surface area contributed by atoms with Gasteiger partial charge in [-0.2, -0.15) is 0 Å². The number of hydrogen-bond acceptors (Lipinski definition) is 2. The molecular weight excluding hydrogens is 248 g/mol. The Hall–Kier alpha value is -1.96. The first-order chi connectivity index (χ1) is 9.31. The molecular formula is C18H22O2. The normalized spacial score (nSPS) is 11.1. The molecule has 0 aliphatic rings. The van der Waals surface area contributed by atoms with Gasteiger partial charge in [-0.3, -0.25) is 0 Å². The summed E-state index contributed by atoms with van der Waals surface area (Å²) in [7, 11) is 0. The summed E-state index contributed by atoms with van der Waals surface area (Å²) in [6.07, 6.45) is 0. The maximum Gasteiger partial charge on any atom is 0.119 e. The van der Waals surface area contributed by atoms with Crippen LogP contribution in [0.5, 0.6) is 11.5 Å². The predicted octanol–water partition coefficient (Wildman–Crippen LogP) is 4.48. The highest BCUT2D eigenvalue weighted by atomic mass is 16.3. The van der Waals surface area contributed by atoms with Crippen LogP contribution in [0.1, 0.15) is 46.2 Å². The zero-order valence-corrected chi connectivity index (χ0v) is 12.8. The minimum atomic E-state index is 0.131. The smallest absolute Gasteiger partial charge is 0.119 e. The number of hydrogen-bond donors (Lipinski definition) is 2. The zero-order valence-electron chi connectivity index (χ0n) is 12.8. The molecule has 0 saturated carbocycles. The second kappa shape index (κ2) is 5.20. The lowest BCUT2D eigenvalue weighted by Crippen LogP contribution is -2.03. The van der Waals surface area contributed by atoms with Gasteiger partial charge < -0.3 is 10.2 Å². The average molecular weight is 270 g/mol. The van der Waals surface area contributed by atoms with Crippen LogP contribution in [0.25, 0.3) is 0 Å². The summed E-state index contributed by atoms with van der Waals surface area (Å²) < 4.78 is 0. The van der Waals surface area contributed by atoms with Crippen molar-refractivity contribution in [3.8, 4) is 11.5 Å². The van der Waals surface area contributed by atoms with Gasteiger partial charge in [-0.05, 0) is 73.2 Å². The SMILES string of the molecule is Cc1cc(O)c(C)c(C(C)c2cc(C)cc(O)c2C)c1. The lowest BCUT2D eigenvalue weighted by atomic mass is 9.85. The van der Waals surface area contributed by atoms with Crippen molar-refractivity contribution in [3.63, 3.8) is 0 Å². The summed E-state index contributed by atoms with van der Waals surface area (Å²) in [5, 5.41) is 20.0. The molecule has 0 spiro atoms. The average Bonchev–Trinajstić information content (AvgIpc) is 2.37. The van der Waals surface area contributed by atoms with E-state index in [9.17, 15) is 10.2 Å². The van der Waals surface area contributed by atoms with Crippen LogP contribution in [0.3, 0.4) is 0 Å². The summed E-state index contributed by atoms with van der Waals surface area (Å²) in [4.78, 5) is 0. The van der Waals surface area contributed by atoms with E-state index in [0.29, 0.717) is 11.5 Å². The summed E-state index contributed by atoms with van der Waals surface area (Å²) in [5.74, 6) is 0.800. The Labute approximate surface area is 120 Å². The van der Waals surface area contributed by atoms with Crippen molar-refractivity contribution in [1.82, 2.24) is 0 Å². The molecule has 2 aromatic rings. The molecule has 0 fully saturated rings. The summed E-state index contributed by atoms with van der Waals surface area (Å²) in [6.45, 7) is 9.95. The van der Waals surface area contributed by atoms with Gasteiger partial charge in [0.25, 0.3) is 0 Å². The van der Waals surface area contributed by atoms with Gasteiger partial charge >= 0.3 is 0 Å². The molecule has 0 atom stereocenters. The highest BCUT2D eigenvalue weighted by Gasteiger charge is 2.17. The Kier molecular flexibility index (Phi) is 3.76. The van der Waals surface area contributed by atoms with E-state index in [2.05, 4.69) is 19.1 Å². The van der Waals surface area contributed by atoms with Crippen molar-refractivity contribution >= 4 is 0 Å². The third-order valence-electron chi connectivity index (χ3n) is 4.06. The minimum Gasteiger partial charge on any atom is -0.508 e. The van der Waals surface area contributed by atoms with Crippen molar-refractivity contribution in [2.24, 2.45) is 0 Å². The molecule has 0 aliphatic heterocycles. The Morgan fingerprint density at radius 1 is 0.700 bits per heavy atom. The van der Waals surface area contributed by atoms with Crippen molar-refractivity contribution in [3.05, 3.63) is 57.6 Å². The summed E-state index contributed by atoms with van der Waals surface area (Å²) in [5.41, 5.74) is 6.12. The molecule has 2 heteroatoms. The van der Waals surface area contributed by atoms with Crippen molar-refractivity contribution < 1.29 is 10.2 Å². The van der Waals surface area contributed by atoms with Crippen LogP contribution in [0.2, 0.25) is 0 Å². The van der Waals surface area contributed by atoms with E-state index in [0.717, 1.165) is 33.4 Å². The second-order valence-electron chi connectivity index (χ2n) is 5.72. The summed E-state index contributed by atoms with van der Waals surface area (Å²) in [6, 6.07) is 7.79. The maximum absolute atomic E-state index is 10.0. The Bertz CT molecular complexity index is 599.